The predicted octanol–water partition coefficient (Wildman–Crippen LogP) is 4.41. The van der Waals surface area contributed by atoms with Crippen LogP contribution in [-0.2, 0) is 6.42 Å². The van der Waals surface area contributed by atoms with Crippen molar-refractivity contribution in [3.63, 3.8) is 0 Å². The molecule has 0 radical (unpaired) electrons. The van der Waals surface area contributed by atoms with E-state index in [0.717, 1.165) is 24.4 Å². The van der Waals surface area contributed by atoms with E-state index in [1.807, 2.05) is 67.6 Å². The zero-order chi connectivity index (χ0) is 19.8. The Kier molecular flexibility index (Phi) is 6.63. The molecule has 1 N–H and O–H groups in total. The minimum Gasteiger partial charge on any atom is -0.497 e. The molecule has 2 aromatic carbocycles. The first-order valence-electron chi connectivity index (χ1n) is 9.41. The number of aromatic nitrogens is 1. The van der Waals surface area contributed by atoms with Crippen LogP contribution in [0.1, 0.15) is 22.8 Å². The maximum absolute atomic E-state index is 12.9. The molecule has 0 atom stereocenters. The number of benzene rings is 2. The number of nitrogens with zero attached hydrogens (tertiary/aromatic N) is 2. The van der Waals surface area contributed by atoms with E-state index in [-0.39, 0.29) is 5.91 Å². The van der Waals surface area contributed by atoms with Crippen LogP contribution in [0.2, 0.25) is 0 Å². The van der Waals surface area contributed by atoms with Gasteiger partial charge in [0.1, 0.15) is 11.6 Å². The van der Waals surface area contributed by atoms with Crippen molar-refractivity contribution in [2.24, 2.45) is 0 Å². The van der Waals surface area contributed by atoms with Gasteiger partial charge in [0.05, 0.1) is 7.11 Å². The highest BCUT2D eigenvalue weighted by atomic mass is 16.5. The number of rotatable bonds is 8. The van der Waals surface area contributed by atoms with Crippen LogP contribution >= 0.6 is 0 Å². The summed E-state index contributed by atoms with van der Waals surface area (Å²) in [6, 6.07) is 21.3. The molecule has 3 rings (SSSR count). The topological polar surface area (TPSA) is 54.5 Å². The van der Waals surface area contributed by atoms with Crippen LogP contribution in [0.4, 0.5) is 11.5 Å². The van der Waals surface area contributed by atoms with Gasteiger partial charge in [0.15, 0.2) is 0 Å². The summed E-state index contributed by atoms with van der Waals surface area (Å²) in [6.07, 6.45) is 2.52. The molecule has 1 aromatic heterocycles. The Hall–Kier alpha value is -3.34. The normalized spacial score (nSPS) is 10.4. The summed E-state index contributed by atoms with van der Waals surface area (Å²) in [4.78, 5) is 19.0. The largest absolute Gasteiger partial charge is 0.497 e. The Morgan fingerprint density at radius 2 is 1.82 bits per heavy atom. The van der Waals surface area contributed by atoms with E-state index in [0.29, 0.717) is 17.9 Å². The van der Waals surface area contributed by atoms with Gasteiger partial charge >= 0.3 is 0 Å². The fourth-order valence-electron chi connectivity index (χ4n) is 2.99. The third-order valence-corrected chi connectivity index (χ3v) is 4.51. The van der Waals surface area contributed by atoms with Crippen molar-refractivity contribution < 1.29 is 9.53 Å². The second kappa shape index (κ2) is 9.55. The summed E-state index contributed by atoms with van der Waals surface area (Å²) in [5.74, 6) is 1.52. The third-order valence-electron chi connectivity index (χ3n) is 4.51. The lowest BCUT2D eigenvalue weighted by atomic mass is 10.1. The number of carbonyl (C=O) groups is 1. The molecule has 3 aromatic rings. The first kappa shape index (κ1) is 19.4. The van der Waals surface area contributed by atoms with Crippen LogP contribution in [0.5, 0.6) is 5.75 Å². The Balaban J connectivity index is 1.63. The number of para-hydroxylation sites is 1. The number of amides is 1. The number of pyridine rings is 1. The molecule has 5 nitrogen and oxygen atoms in total. The van der Waals surface area contributed by atoms with Gasteiger partial charge in [0.25, 0.3) is 5.91 Å². The molecule has 144 valence electrons. The first-order valence-corrected chi connectivity index (χ1v) is 9.41. The molecule has 28 heavy (non-hydrogen) atoms. The average molecular weight is 375 g/mol. The summed E-state index contributed by atoms with van der Waals surface area (Å²) in [6.45, 7) is 3.30. The summed E-state index contributed by atoms with van der Waals surface area (Å²) in [5, 5.41) is 3.30. The molecule has 0 saturated heterocycles. The summed E-state index contributed by atoms with van der Waals surface area (Å²) >= 11 is 0. The van der Waals surface area contributed by atoms with Crippen molar-refractivity contribution in [3.05, 3.63) is 84.1 Å². The summed E-state index contributed by atoms with van der Waals surface area (Å²) < 4.78 is 5.18. The zero-order valence-electron chi connectivity index (χ0n) is 16.3. The number of hydrogen-bond acceptors (Lipinski definition) is 4. The molecule has 0 saturated carbocycles. The maximum Gasteiger partial charge on any atom is 0.258 e. The van der Waals surface area contributed by atoms with Gasteiger partial charge in [-0.15, -0.1) is 0 Å². The van der Waals surface area contributed by atoms with E-state index < -0.39 is 0 Å². The van der Waals surface area contributed by atoms with Crippen molar-refractivity contribution in [1.82, 2.24) is 4.98 Å². The Bertz CT molecular complexity index is 895. The van der Waals surface area contributed by atoms with Gasteiger partial charge in [0.2, 0.25) is 0 Å². The number of anilines is 2. The summed E-state index contributed by atoms with van der Waals surface area (Å²) in [7, 11) is 1.66. The van der Waals surface area contributed by atoms with Crippen molar-refractivity contribution >= 4 is 17.4 Å². The lowest BCUT2D eigenvalue weighted by Crippen LogP contribution is -2.30. The Labute approximate surface area is 166 Å². The maximum atomic E-state index is 12.9. The van der Waals surface area contributed by atoms with Crippen molar-refractivity contribution in [3.8, 4) is 5.75 Å². The lowest BCUT2D eigenvalue weighted by molar-refractivity contribution is 0.0988. The highest BCUT2D eigenvalue weighted by Gasteiger charge is 2.16. The minimum atomic E-state index is -0.0331. The van der Waals surface area contributed by atoms with E-state index in [1.165, 1.54) is 5.56 Å². The number of nitrogens with one attached hydrogen (secondary N) is 1. The molecular formula is C23H25N3O2. The van der Waals surface area contributed by atoms with Gasteiger partial charge in [0, 0.05) is 30.5 Å². The monoisotopic (exact) mass is 375 g/mol. The Morgan fingerprint density at radius 3 is 2.50 bits per heavy atom. The number of hydrogen-bond donors (Lipinski definition) is 1. The molecule has 0 unspecified atom stereocenters. The number of methoxy groups -OCH3 is 1. The fraction of sp³-hybridized carbons (Fsp3) is 0.217. The van der Waals surface area contributed by atoms with Crippen molar-refractivity contribution in [2.75, 3.05) is 30.4 Å². The molecule has 5 heteroatoms. The van der Waals surface area contributed by atoms with Gasteiger partial charge in [-0.1, -0.05) is 30.3 Å². The fourth-order valence-corrected chi connectivity index (χ4v) is 2.99. The Morgan fingerprint density at radius 1 is 1.07 bits per heavy atom. The van der Waals surface area contributed by atoms with Gasteiger partial charge < -0.3 is 15.0 Å². The van der Waals surface area contributed by atoms with Gasteiger partial charge in [-0.3, -0.25) is 4.79 Å². The molecular weight excluding hydrogens is 350 g/mol. The molecule has 0 aliphatic carbocycles. The third kappa shape index (κ3) is 4.88. The molecule has 0 aliphatic rings. The van der Waals surface area contributed by atoms with Crippen LogP contribution < -0.4 is 15.0 Å². The summed E-state index contributed by atoms with van der Waals surface area (Å²) in [5.41, 5.74) is 2.72. The second-order valence-electron chi connectivity index (χ2n) is 6.34. The van der Waals surface area contributed by atoms with E-state index in [4.69, 9.17) is 4.74 Å². The van der Waals surface area contributed by atoms with Crippen LogP contribution in [0.3, 0.4) is 0 Å². The highest BCUT2D eigenvalue weighted by Crippen LogP contribution is 2.18. The van der Waals surface area contributed by atoms with E-state index >= 15 is 0 Å². The second-order valence-corrected chi connectivity index (χ2v) is 6.34. The van der Waals surface area contributed by atoms with Crippen molar-refractivity contribution in [2.45, 2.75) is 13.3 Å². The SMILES string of the molecule is CCN(C(=O)c1ccnc(NCCc2ccc(OC)cc2)c1)c1ccccc1. The predicted molar refractivity (Wildman–Crippen MR) is 113 cm³/mol. The number of carbonyl (C=O) groups excluding carboxylic acids is 1. The van der Waals surface area contributed by atoms with E-state index in [1.54, 1.807) is 24.3 Å². The van der Waals surface area contributed by atoms with Gasteiger partial charge in [-0.25, -0.2) is 4.98 Å². The lowest BCUT2D eigenvalue weighted by Gasteiger charge is -2.21. The molecule has 1 amide bonds. The van der Waals surface area contributed by atoms with E-state index in [9.17, 15) is 4.79 Å². The van der Waals surface area contributed by atoms with Crippen LogP contribution in [0, 0.1) is 0 Å². The van der Waals surface area contributed by atoms with Crippen LogP contribution in [-0.4, -0.2) is 31.1 Å². The smallest absolute Gasteiger partial charge is 0.258 e. The molecule has 1 heterocycles. The molecule has 0 fully saturated rings. The highest BCUT2D eigenvalue weighted by molar-refractivity contribution is 6.06. The van der Waals surface area contributed by atoms with E-state index in [2.05, 4.69) is 10.3 Å². The first-order chi connectivity index (χ1) is 13.7. The molecule has 0 spiro atoms. The molecule has 0 aliphatic heterocycles. The van der Waals surface area contributed by atoms with Crippen LogP contribution in [0.15, 0.2) is 72.9 Å². The average Bonchev–Trinajstić information content (AvgIpc) is 2.76. The quantitative estimate of drug-likeness (QED) is 0.634. The standard InChI is InChI=1S/C23H25N3O2/c1-3-26(20-7-5-4-6-8-20)23(27)19-14-16-25-22(17-19)24-15-13-18-9-11-21(28-2)12-10-18/h4-12,14,16-17H,3,13,15H2,1-2H3,(H,24,25). The minimum absolute atomic E-state index is 0.0331. The number of ether oxygens (including phenoxy) is 1. The van der Waals surface area contributed by atoms with Crippen molar-refractivity contribution in [1.29, 1.82) is 0 Å². The van der Waals surface area contributed by atoms with Gasteiger partial charge in [-0.2, -0.15) is 0 Å². The van der Waals surface area contributed by atoms with Gasteiger partial charge in [-0.05, 0) is 55.3 Å². The zero-order valence-corrected chi connectivity index (χ0v) is 16.3. The molecule has 0 bridgehead atoms. The van der Waals surface area contributed by atoms with Crippen LogP contribution in [0.25, 0.3) is 0 Å².